The SMILES string of the molecule is [NH2+]=C(/C=C\c1ncc(-c2cc(N3CCC4CNC(=O)C4C3)ncn2)[nH]1)C(F)F. The molecule has 2 unspecified atom stereocenters. The van der Waals surface area contributed by atoms with Gasteiger partial charge in [0.15, 0.2) is 0 Å². The van der Waals surface area contributed by atoms with Crippen molar-refractivity contribution in [1.29, 1.82) is 0 Å². The third-order valence-electron chi connectivity index (χ3n) is 5.16. The van der Waals surface area contributed by atoms with Crippen molar-refractivity contribution in [2.45, 2.75) is 12.8 Å². The lowest BCUT2D eigenvalue weighted by Crippen LogP contribution is -2.42. The van der Waals surface area contributed by atoms with E-state index < -0.39 is 12.1 Å². The Hall–Kier alpha value is -3.17. The van der Waals surface area contributed by atoms with Gasteiger partial charge in [0.25, 0.3) is 0 Å². The minimum Gasteiger partial charge on any atom is -0.356 e. The van der Waals surface area contributed by atoms with Gasteiger partial charge in [0.05, 0.1) is 23.5 Å². The van der Waals surface area contributed by atoms with Gasteiger partial charge < -0.3 is 15.2 Å². The molecule has 28 heavy (non-hydrogen) atoms. The zero-order valence-electron chi connectivity index (χ0n) is 15.0. The summed E-state index contributed by atoms with van der Waals surface area (Å²) in [7, 11) is 0. The number of H-pyrrole nitrogens is 1. The van der Waals surface area contributed by atoms with Gasteiger partial charge >= 0.3 is 6.43 Å². The molecule has 0 radical (unpaired) electrons. The van der Waals surface area contributed by atoms with Crippen molar-refractivity contribution in [3.63, 3.8) is 0 Å². The predicted octanol–water partition coefficient (Wildman–Crippen LogP) is -0.0826. The van der Waals surface area contributed by atoms with Crippen LogP contribution in [-0.4, -0.2) is 57.6 Å². The number of aromatic nitrogens is 4. The number of nitrogens with zero attached hydrogens (tertiary/aromatic N) is 4. The van der Waals surface area contributed by atoms with Crippen LogP contribution in [0.2, 0.25) is 0 Å². The Morgan fingerprint density at radius 2 is 2.21 bits per heavy atom. The number of anilines is 1. The number of carbonyl (C=O) groups is 1. The van der Waals surface area contributed by atoms with Gasteiger partial charge in [0, 0.05) is 31.8 Å². The number of carbonyl (C=O) groups excluding carboxylic acids is 1. The molecule has 0 bridgehead atoms. The summed E-state index contributed by atoms with van der Waals surface area (Å²) in [5.74, 6) is 1.62. The molecule has 0 saturated carbocycles. The van der Waals surface area contributed by atoms with Crippen molar-refractivity contribution in [3.8, 4) is 11.4 Å². The van der Waals surface area contributed by atoms with E-state index in [4.69, 9.17) is 5.41 Å². The number of hydrogen-bond donors (Lipinski definition) is 3. The molecule has 8 nitrogen and oxygen atoms in total. The molecule has 4 N–H and O–H groups in total. The Bertz CT molecular complexity index is 926. The number of amides is 1. The first-order chi connectivity index (χ1) is 13.5. The highest BCUT2D eigenvalue weighted by atomic mass is 19.3. The molecule has 0 aliphatic carbocycles. The lowest BCUT2D eigenvalue weighted by molar-refractivity contribution is -0.124. The summed E-state index contributed by atoms with van der Waals surface area (Å²) in [4.78, 5) is 29.8. The highest BCUT2D eigenvalue weighted by molar-refractivity contribution is 5.95. The molecule has 0 aromatic carbocycles. The van der Waals surface area contributed by atoms with Gasteiger partial charge in [-0.2, -0.15) is 8.78 Å². The predicted molar refractivity (Wildman–Crippen MR) is 98.4 cm³/mol. The smallest absolute Gasteiger partial charge is 0.320 e. The molecule has 0 spiro atoms. The summed E-state index contributed by atoms with van der Waals surface area (Å²) in [6.07, 6.45) is 3.77. The second kappa shape index (κ2) is 7.45. The van der Waals surface area contributed by atoms with E-state index in [0.29, 0.717) is 29.7 Å². The van der Waals surface area contributed by atoms with Crippen LogP contribution in [0.1, 0.15) is 12.2 Å². The number of nitrogens with one attached hydrogen (secondary N) is 2. The third kappa shape index (κ3) is 3.62. The summed E-state index contributed by atoms with van der Waals surface area (Å²) in [6, 6.07) is 1.83. The number of imidazole rings is 1. The van der Waals surface area contributed by atoms with Gasteiger partial charge in [0.1, 0.15) is 18.0 Å². The molecule has 2 fully saturated rings. The number of allylic oxidation sites excluding steroid dienone is 1. The second-order valence-electron chi connectivity index (χ2n) is 6.92. The maximum Gasteiger partial charge on any atom is 0.320 e. The quantitative estimate of drug-likeness (QED) is 0.620. The van der Waals surface area contributed by atoms with E-state index in [-0.39, 0.29) is 11.8 Å². The largest absolute Gasteiger partial charge is 0.356 e. The Labute approximate surface area is 159 Å². The third-order valence-corrected chi connectivity index (χ3v) is 5.16. The maximum absolute atomic E-state index is 12.4. The van der Waals surface area contributed by atoms with E-state index >= 15 is 0 Å². The Kier molecular flexibility index (Phi) is 4.84. The summed E-state index contributed by atoms with van der Waals surface area (Å²) in [5.41, 5.74) is 0.731. The maximum atomic E-state index is 12.4. The molecule has 2 aliphatic rings. The van der Waals surface area contributed by atoms with E-state index in [2.05, 4.69) is 30.2 Å². The first-order valence-electron chi connectivity index (χ1n) is 9.00. The number of alkyl halides is 2. The lowest BCUT2D eigenvalue weighted by Gasteiger charge is -2.34. The average molecular weight is 388 g/mol. The first kappa shape index (κ1) is 18.2. The number of rotatable bonds is 5. The van der Waals surface area contributed by atoms with Crippen LogP contribution in [0.25, 0.3) is 17.5 Å². The van der Waals surface area contributed by atoms with Crippen molar-refractivity contribution < 1.29 is 19.0 Å². The molecule has 2 saturated heterocycles. The highest BCUT2D eigenvalue weighted by Crippen LogP contribution is 2.30. The molecule has 4 rings (SSSR count). The molecule has 1 amide bonds. The number of nitrogens with two attached hydrogens (primary N) is 1. The number of halogens is 2. The van der Waals surface area contributed by atoms with E-state index in [1.54, 1.807) is 6.20 Å². The average Bonchev–Trinajstić information content (AvgIpc) is 3.33. The Balaban J connectivity index is 1.50. The van der Waals surface area contributed by atoms with Crippen LogP contribution in [0.4, 0.5) is 14.6 Å². The van der Waals surface area contributed by atoms with Crippen molar-refractivity contribution >= 4 is 23.5 Å². The normalized spacial score (nSPS) is 22.0. The molecule has 2 atom stereocenters. The summed E-state index contributed by atoms with van der Waals surface area (Å²) in [5, 5.41) is 8.14. The Morgan fingerprint density at radius 1 is 1.36 bits per heavy atom. The van der Waals surface area contributed by atoms with Crippen LogP contribution in [0.5, 0.6) is 0 Å². The standard InChI is InChI=1S/C18H19F2N7O/c19-17(20)12(21)1-2-15-22-7-14(26-15)13-5-16(25-9-24-13)27-4-3-10-6-23-18(28)11(10)8-27/h1-2,5,7,9-11,17,21H,3-4,6,8H2,(H,22,26)(H,23,28)/p+1/b2-1-,21-12?. The first-order valence-corrected chi connectivity index (χ1v) is 9.00. The highest BCUT2D eigenvalue weighted by Gasteiger charge is 2.39. The lowest BCUT2D eigenvalue weighted by atomic mass is 9.88. The number of piperidine rings is 1. The van der Waals surface area contributed by atoms with Gasteiger partial charge in [-0.1, -0.05) is 0 Å². The van der Waals surface area contributed by atoms with Gasteiger partial charge in [0.2, 0.25) is 11.6 Å². The fourth-order valence-electron chi connectivity index (χ4n) is 3.58. The van der Waals surface area contributed by atoms with Gasteiger partial charge in [-0.3, -0.25) is 10.2 Å². The van der Waals surface area contributed by atoms with Crippen LogP contribution >= 0.6 is 0 Å². The second-order valence-corrected chi connectivity index (χ2v) is 6.92. The summed E-state index contributed by atoms with van der Waals surface area (Å²) < 4.78 is 24.9. The van der Waals surface area contributed by atoms with Crippen LogP contribution in [0.3, 0.4) is 0 Å². The topological polar surface area (TPSA) is 112 Å². The van der Waals surface area contributed by atoms with Crippen LogP contribution in [0, 0.1) is 11.8 Å². The van der Waals surface area contributed by atoms with Crippen molar-refractivity contribution in [3.05, 3.63) is 30.5 Å². The van der Waals surface area contributed by atoms with Crippen LogP contribution in [0.15, 0.2) is 24.7 Å². The molecular weight excluding hydrogens is 368 g/mol. The summed E-state index contributed by atoms with van der Waals surface area (Å²) in [6.45, 7) is 2.21. The van der Waals surface area contributed by atoms with Crippen molar-refractivity contribution in [1.82, 2.24) is 25.3 Å². The zero-order chi connectivity index (χ0) is 19.7. The van der Waals surface area contributed by atoms with Crippen molar-refractivity contribution in [2.24, 2.45) is 11.8 Å². The Morgan fingerprint density at radius 3 is 3.04 bits per heavy atom. The zero-order valence-corrected chi connectivity index (χ0v) is 15.0. The number of fused-ring (bicyclic) bond motifs is 1. The van der Waals surface area contributed by atoms with Crippen LogP contribution in [-0.2, 0) is 4.79 Å². The van der Waals surface area contributed by atoms with E-state index in [9.17, 15) is 13.6 Å². The molecule has 10 heteroatoms. The van der Waals surface area contributed by atoms with E-state index in [0.717, 1.165) is 31.4 Å². The summed E-state index contributed by atoms with van der Waals surface area (Å²) >= 11 is 0. The monoisotopic (exact) mass is 388 g/mol. The molecule has 2 aliphatic heterocycles. The van der Waals surface area contributed by atoms with Gasteiger partial charge in [-0.05, 0) is 18.4 Å². The fourth-order valence-corrected chi connectivity index (χ4v) is 3.58. The molecular formula is C18H20F2N7O+. The molecule has 146 valence electrons. The molecule has 2 aromatic rings. The number of aromatic amines is 1. The minimum atomic E-state index is -2.71. The van der Waals surface area contributed by atoms with E-state index in [1.165, 1.54) is 12.4 Å². The van der Waals surface area contributed by atoms with Crippen LogP contribution < -0.4 is 15.6 Å². The molecule has 4 heterocycles. The fraction of sp³-hybridized carbons (Fsp3) is 0.389. The number of hydrogen-bond acceptors (Lipinski definition) is 5. The van der Waals surface area contributed by atoms with Crippen molar-refractivity contribution in [2.75, 3.05) is 24.5 Å². The van der Waals surface area contributed by atoms with E-state index in [1.807, 2.05) is 6.07 Å². The van der Waals surface area contributed by atoms with Gasteiger partial charge in [-0.15, -0.1) is 0 Å². The minimum absolute atomic E-state index is 0.00685. The molecule has 2 aromatic heterocycles. The van der Waals surface area contributed by atoms with Gasteiger partial charge in [-0.25, -0.2) is 15.0 Å².